The fourth-order valence-electron chi connectivity index (χ4n) is 1.99. The van der Waals surface area contributed by atoms with Crippen LogP contribution in [0.15, 0.2) is 17.1 Å². The summed E-state index contributed by atoms with van der Waals surface area (Å²) in [6.45, 7) is 10.6. The molecule has 17 heavy (non-hydrogen) atoms. The van der Waals surface area contributed by atoms with Crippen LogP contribution in [-0.2, 0) is 11.3 Å². The van der Waals surface area contributed by atoms with E-state index in [1.165, 1.54) is 7.11 Å². The zero-order valence-electron chi connectivity index (χ0n) is 10.7. The number of carbonyl (C=O) groups is 1. The summed E-state index contributed by atoms with van der Waals surface area (Å²) in [7, 11) is 1.40. The van der Waals surface area contributed by atoms with Crippen molar-refractivity contribution in [3.63, 3.8) is 0 Å². The molecule has 0 amide bonds. The number of hydrogen-bond donors (Lipinski definition) is 0. The second-order valence-corrected chi connectivity index (χ2v) is 5.00. The second-order valence-electron chi connectivity index (χ2n) is 4.21. The zero-order valence-corrected chi connectivity index (χ0v) is 12.3. The highest BCUT2D eigenvalue weighted by Crippen LogP contribution is 2.33. The third-order valence-electron chi connectivity index (χ3n) is 2.75. The molecule has 0 unspecified atom stereocenters. The van der Waals surface area contributed by atoms with E-state index in [2.05, 4.69) is 40.9 Å². The largest absolute Gasteiger partial charge is 0.465 e. The van der Waals surface area contributed by atoms with Crippen LogP contribution < -0.4 is 0 Å². The summed E-state index contributed by atoms with van der Waals surface area (Å²) in [5, 5.41) is 0. The number of hydrogen-bond acceptors (Lipinski definition) is 2. The van der Waals surface area contributed by atoms with Crippen molar-refractivity contribution in [1.82, 2.24) is 4.57 Å². The van der Waals surface area contributed by atoms with Gasteiger partial charge in [0.05, 0.1) is 17.1 Å². The maximum Gasteiger partial charge on any atom is 0.340 e. The van der Waals surface area contributed by atoms with Gasteiger partial charge in [0.15, 0.2) is 0 Å². The Balaban J connectivity index is 3.49. The predicted octanol–water partition coefficient (Wildman–Crippen LogP) is 3.66. The number of methoxy groups -OCH3 is 1. The van der Waals surface area contributed by atoms with Gasteiger partial charge in [0, 0.05) is 17.9 Å². The van der Waals surface area contributed by atoms with E-state index in [0.717, 1.165) is 15.9 Å². The van der Waals surface area contributed by atoms with Crippen molar-refractivity contribution in [2.24, 2.45) is 0 Å². The van der Waals surface area contributed by atoms with Crippen LogP contribution in [0.1, 0.15) is 41.5 Å². The molecular weight excluding hydrogens is 282 g/mol. The number of rotatable bonds is 4. The van der Waals surface area contributed by atoms with Crippen molar-refractivity contribution in [2.75, 3.05) is 7.11 Å². The van der Waals surface area contributed by atoms with Crippen LogP contribution in [0.4, 0.5) is 0 Å². The van der Waals surface area contributed by atoms with E-state index >= 15 is 0 Å². The highest BCUT2D eigenvalue weighted by atomic mass is 79.9. The summed E-state index contributed by atoms with van der Waals surface area (Å²) < 4.78 is 7.74. The summed E-state index contributed by atoms with van der Waals surface area (Å²) in [5.74, 6) is 0.0144. The van der Waals surface area contributed by atoms with Crippen LogP contribution in [0.2, 0.25) is 0 Å². The fraction of sp³-hybridized carbons (Fsp3) is 0.462. The van der Waals surface area contributed by atoms with Crippen LogP contribution in [0.25, 0.3) is 0 Å². The molecule has 1 rings (SSSR count). The maximum absolute atomic E-state index is 11.8. The first kappa shape index (κ1) is 14.0. The number of carbonyl (C=O) groups excluding carboxylic acids is 1. The van der Waals surface area contributed by atoms with Gasteiger partial charge in [-0.3, -0.25) is 0 Å². The second kappa shape index (κ2) is 5.54. The lowest BCUT2D eigenvalue weighted by Gasteiger charge is -2.12. The molecule has 0 aromatic carbocycles. The summed E-state index contributed by atoms with van der Waals surface area (Å²) in [6, 6.07) is 0. The quantitative estimate of drug-likeness (QED) is 0.628. The highest BCUT2D eigenvalue weighted by molar-refractivity contribution is 9.10. The third-order valence-corrected chi connectivity index (χ3v) is 3.55. The van der Waals surface area contributed by atoms with Crippen LogP contribution in [0.3, 0.4) is 0 Å². The Hall–Kier alpha value is -1.03. The molecule has 0 aliphatic heterocycles. The van der Waals surface area contributed by atoms with Crippen molar-refractivity contribution in [1.29, 1.82) is 0 Å². The van der Waals surface area contributed by atoms with Crippen molar-refractivity contribution >= 4 is 21.9 Å². The van der Waals surface area contributed by atoms with Gasteiger partial charge in [0.2, 0.25) is 0 Å². The molecule has 0 N–H and O–H groups in total. The van der Waals surface area contributed by atoms with E-state index in [-0.39, 0.29) is 5.97 Å². The molecule has 94 valence electrons. The van der Waals surface area contributed by atoms with Crippen LogP contribution in [0, 0.1) is 6.92 Å². The summed E-state index contributed by atoms with van der Waals surface area (Å²) in [5.41, 5.74) is 2.62. The van der Waals surface area contributed by atoms with Crippen molar-refractivity contribution in [3.8, 4) is 0 Å². The standard InChI is InChI=1S/C13H18BrNO2/c1-6-7-15-9(4)10(13(16)17-5)11(14)12(15)8(2)3/h6,8H,1,7H2,2-5H3. The maximum atomic E-state index is 11.8. The minimum absolute atomic E-state index is 0.306. The fourth-order valence-corrected chi connectivity index (χ4v) is 3.11. The summed E-state index contributed by atoms with van der Waals surface area (Å²) in [4.78, 5) is 11.8. The van der Waals surface area contributed by atoms with Gasteiger partial charge in [-0.1, -0.05) is 19.9 Å². The number of allylic oxidation sites excluding steroid dienone is 1. The van der Waals surface area contributed by atoms with Gasteiger partial charge < -0.3 is 9.30 Å². The Bertz CT molecular complexity index is 447. The summed E-state index contributed by atoms with van der Waals surface area (Å²) >= 11 is 3.51. The monoisotopic (exact) mass is 299 g/mol. The molecule has 0 saturated heterocycles. The van der Waals surface area contributed by atoms with Crippen LogP contribution >= 0.6 is 15.9 Å². The van der Waals surface area contributed by atoms with Gasteiger partial charge in [0.25, 0.3) is 0 Å². The van der Waals surface area contributed by atoms with Gasteiger partial charge in [-0.25, -0.2) is 4.79 Å². The number of ether oxygens (including phenoxy) is 1. The topological polar surface area (TPSA) is 31.2 Å². The zero-order chi connectivity index (χ0) is 13.2. The van der Waals surface area contributed by atoms with E-state index < -0.39 is 0 Å². The van der Waals surface area contributed by atoms with Gasteiger partial charge in [-0.05, 0) is 28.8 Å². The van der Waals surface area contributed by atoms with Gasteiger partial charge >= 0.3 is 5.97 Å². The molecule has 0 bridgehead atoms. The first-order chi connectivity index (χ1) is 7.95. The molecule has 1 aromatic rings. The molecule has 0 saturated carbocycles. The predicted molar refractivity (Wildman–Crippen MR) is 72.5 cm³/mol. The van der Waals surface area contributed by atoms with E-state index in [1.807, 2.05) is 13.0 Å². The van der Waals surface area contributed by atoms with Crippen LogP contribution in [-0.4, -0.2) is 17.6 Å². The molecular formula is C13H18BrNO2. The Morgan fingerprint density at radius 1 is 1.59 bits per heavy atom. The number of halogens is 1. The number of esters is 1. The third kappa shape index (κ3) is 2.46. The minimum atomic E-state index is -0.306. The molecule has 1 aromatic heterocycles. The average Bonchev–Trinajstić information content (AvgIpc) is 2.51. The van der Waals surface area contributed by atoms with Crippen LogP contribution in [0.5, 0.6) is 0 Å². The Kier molecular flexibility index (Phi) is 4.57. The van der Waals surface area contributed by atoms with E-state index in [4.69, 9.17) is 4.74 Å². The lowest BCUT2D eigenvalue weighted by Crippen LogP contribution is -2.06. The molecule has 0 fully saturated rings. The molecule has 4 heteroatoms. The normalized spacial score (nSPS) is 10.7. The van der Waals surface area contributed by atoms with Gasteiger partial charge in [0.1, 0.15) is 0 Å². The lowest BCUT2D eigenvalue weighted by molar-refractivity contribution is 0.0599. The Morgan fingerprint density at radius 3 is 2.59 bits per heavy atom. The number of aromatic nitrogens is 1. The van der Waals surface area contributed by atoms with Crippen molar-refractivity contribution < 1.29 is 9.53 Å². The van der Waals surface area contributed by atoms with Crippen molar-refractivity contribution in [3.05, 3.63) is 34.1 Å². The van der Waals surface area contributed by atoms with Gasteiger partial charge in [-0.15, -0.1) is 6.58 Å². The molecule has 1 heterocycles. The molecule has 0 aliphatic rings. The average molecular weight is 300 g/mol. The van der Waals surface area contributed by atoms with E-state index in [9.17, 15) is 4.79 Å². The Morgan fingerprint density at radius 2 is 2.18 bits per heavy atom. The molecule has 0 spiro atoms. The summed E-state index contributed by atoms with van der Waals surface area (Å²) in [6.07, 6.45) is 1.83. The number of nitrogens with zero attached hydrogens (tertiary/aromatic N) is 1. The SMILES string of the molecule is C=CCn1c(C)c(C(=O)OC)c(Br)c1C(C)C. The molecule has 0 atom stereocenters. The molecule has 0 aliphatic carbocycles. The van der Waals surface area contributed by atoms with E-state index in [1.54, 1.807) is 0 Å². The molecule has 0 radical (unpaired) electrons. The first-order valence-electron chi connectivity index (χ1n) is 5.53. The minimum Gasteiger partial charge on any atom is -0.465 e. The molecule has 3 nitrogen and oxygen atoms in total. The lowest BCUT2D eigenvalue weighted by atomic mass is 10.1. The Labute approximate surface area is 111 Å². The van der Waals surface area contributed by atoms with Crippen molar-refractivity contribution in [2.45, 2.75) is 33.2 Å². The highest BCUT2D eigenvalue weighted by Gasteiger charge is 2.24. The smallest absolute Gasteiger partial charge is 0.340 e. The first-order valence-corrected chi connectivity index (χ1v) is 6.32. The van der Waals surface area contributed by atoms with Gasteiger partial charge in [-0.2, -0.15) is 0 Å². The van der Waals surface area contributed by atoms with E-state index in [0.29, 0.717) is 18.0 Å².